The van der Waals surface area contributed by atoms with Crippen molar-refractivity contribution in [2.45, 2.75) is 33.9 Å². The molecule has 8 heteroatoms. The van der Waals surface area contributed by atoms with E-state index in [-0.39, 0.29) is 18.0 Å². The highest BCUT2D eigenvalue weighted by atomic mass is 35.5. The number of fused-ring (bicyclic) bond motifs is 1. The molecule has 1 N–H and O–H groups in total. The second-order valence-corrected chi connectivity index (χ2v) is 8.28. The van der Waals surface area contributed by atoms with Crippen LogP contribution in [0.1, 0.15) is 33.9 Å². The van der Waals surface area contributed by atoms with Crippen molar-refractivity contribution < 1.29 is 9.53 Å². The molecule has 0 saturated carbocycles. The van der Waals surface area contributed by atoms with E-state index < -0.39 is 5.97 Å². The van der Waals surface area contributed by atoms with E-state index in [1.165, 1.54) is 11.6 Å². The molecule has 0 fully saturated rings. The number of H-pyrrole nitrogens is 1. The van der Waals surface area contributed by atoms with E-state index in [1.807, 2.05) is 18.5 Å². The monoisotopic (exact) mass is 462 g/mol. The summed E-state index contributed by atoms with van der Waals surface area (Å²) >= 11 is 5.98. The molecular weight excluding hydrogens is 440 g/mol. The summed E-state index contributed by atoms with van der Waals surface area (Å²) in [5.41, 5.74) is 5.13. The van der Waals surface area contributed by atoms with Crippen molar-refractivity contribution in [3.8, 4) is 0 Å². The van der Waals surface area contributed by atoms with Gasteiger partial charge in [0, 0.05) is 22.4 Å². The number of hydrogen-bond acceptors (Lipinski definition) is 5. The third-order valence-electron chi connectivity index (χ3n) is 5.35. The molecule has 4 rings (SSSR count). The van der Waals surface area contributed by atoms with Gasteiger partial charge in [-0.25, -0.2) is 9.78 Å². The average molecular weight is 463 g/mol. The topological polar surface area (TPSA) is 89.9 Å². The zero-order valence-corrected chi connectivity index (χ0v) is 19.3. The summed E-state index contributed by atoms with van der Waals surface area (Å²) in [5.74, 6) is -0.302. The summed E-state index contributed by atoms with van der Waals surface area (Å²) in [7, 11) is 0. The molecule has 7 nitrogen and oxygen atoms in total. The van der Waals surface area contributed by atoms with Crippen molar-refractivity contribution in [3.63, 3.8) is 0 Å². The van der Waals surface area contributed by atoms with E-state index in [2.05, 4.69) is 46.3 Å². The fraction of sp³-hybridized carbons (Fsp3) is 0.200. The molecule has 2 aromatic heterocycles. The Bertz CT molecular complexity index is 1420. The molecule has 0 saturated heterocycles. The highest BCUT2D eigenvalue weighted by Gasteiger charge is 2.11. The Balaban J connectivity index is 1.43. The minimum absolute atomic E-state index is 0.161. The lowest BCUT2D eigenvalue weighted by Gasteiger charge is -2.05. The Morgan fingerprint density at radius 1 is 1.15 bits per heavy atom. The van der Waals surface area contributed by atoms with Crippen molar-refractivity contribution in [1.29, 1.82) is 0 Å². The second kappa shape index (κ2) is 9.42. The highest BCUT2D eigenvalue weighted by molar-refractivity contribution is 6.31. The second-order valence-electron chi connectivity index (χ2n) is 7.84. The first-order chi connectivity index (χ1) is 15.8. The van der Waals surface area contributed by atoms with Gasteiger partial charge in [0.05, 0.1) is 23.1 Å². The minimum atomic E-state index is -0.547. The largest absolute Gasteiger partial charge is 0.454 e. The quantitative estimate of drug-likeness (QED) is 0.336. The minimum Gasteiger partial charge on any atom is -0.454 e. The lowest BCUT2D eigenvalue weighted by atomic mass is 10.1. The number of benzene rings is 2. The van der Waals surface area contributed by atoms with Crippen molar-refractivity contribution in [1.82, 2.24) is 19.7 Å². The van der Waals surface area contributed by atoms with Gasteiger partial charge >= 0.3 is 5.97 Å². The van der Waals surface area contributed by atoms with E-state index >= 15 is 0 Å². The van der Waals surface area contributed by atoms with E-state index in [1.54, 1.807) is 24.3 Å². The van der Waals surface area contributed by atoms with Crippen LogP contribution in [0.15, 0.2) is 53.3 Å². The first-order valence-corrected chi connectivity index (χ1v) is 10.8. The Morgan fingerprint density at radius 2 is 1.91 bits per heavy atom. The molecule has 0 unspecified atom stereocenters. The molecule has 0 aliphatic rings. The smallest absolute Gasteiger partial charge is 0.331 e. The molecule has 33 heavy (non-hydrogen) atoms. The highest BCUT2D eigenvalue weighted by Crippen LogP contribution is 2.17. The molecule has 0 aliphatic carbocycles. The molecule has 2 aromatic carbocycles. The summed E-state index contributed by atoms with van der Waals surface area (Å²) in [6.45, 7) is 6.41. The van der Waals surface area contributed by atoms with Gasteiger partial charge in [0.15, 0.2) is 0 Å². The number of aromatic nitrogens is 4. The van der Waals surface area contributed by atoms with Crippen LogP contribution in [0.3, 0.4) is 0 Å². The van der Waals surface area contributed by atoms with E-state index in [9.17, 15) is 9.59 Å². The summed E-state index contributed by atoms with van der Waals surface area (Å²) in [6.07, 6.45) is 3.05. The number of aryl methyl sites for hydroxylation is 2. The van der Waals surface area contributed by atoms with E-state index in [0.29, 0.717) is 22.5 Å². The van der Waals surface area contributed by atoms with Crippen LogP contribution in [-0.2, 0) is 22.7 Å². The van der Waals surface area contributed by atoms with Crippen LogP contribution in [0.5, 0.6) is 0 Å². The number of rotatable bonds is 6. The van der Waals surface area contributed by atoms with Gasteiger partial charge in [-0.2, -0.15) is 5.10 Å². The van der Waals surface area contributed by atoms with Gasteiger partial charge in [-0.05, 0) is 50.6 Å². The number of carbonyl (C=O) groups excluding carboxylic acids is 1. The predicted octanol–water partition coefficient (Wildman–Crippen LogP) is 4.50. The lowest BCUT2D eigenvalue weighted by molar-refractivity contribution is -0.139. The summed E-state index contributed by atoms with van der Waals surface area (Å²) in [6, 6.07) is 13.1. The van der Waals surface area contributed by atoms with Gasteiger partial charge in [-0.15, -0.1) is 0 Å². The fourth-order valence-electron chi connectivity index (χ4n) is 3.54. The Labute approximate surface area is 195 Å². The Morgan fingerprint density at radius 3 is 2.67 bits per heavy atom. The number of ether oxygens (including phenoxy) is 1. The number of nitrogens with one attached hydrogen (secondary N) is 1. The van der Waals surface area contributed by atoms with Crippen molar-refractivity contribution in [3.05, 3.63) is 97.8 Å². The van der Waals surface area contributed by atoms with E-state index in [0.717, 1.165) is 22.5 Å². The molecule has 0 atom stereocenters. The fourth-order valence-corrected chi connectivity index (χ4v) is 3.71. The molecule has 0 bridgehead atoms. The Hall–Kier alpha value is -3.71. The van der Waals surface area contributed by atoms with Crippen LogP contribution < -0.4 is 5.56 Å². The van der Waals surface area contributed by atoms with E-state index in [4.69, 9.17) is 16.3 Å². The van der Waals surface area contributed by atoms with Crippen molar-refractivity contribution in [2.75, 3.05) is 0 Å². The van der Waals surface area contributed by atoms with Crippen molar-refractivity contribution in [2.24, 2.45) is 0 Å². The molecule has 168 valence electrons. The van der Waals surface area contributed by atoms with Gasteiger partial charge in [0.25, 0.3) is 5.56 Å². The molecule has 0 aliphatic heterocycles. The van der Waals surface area contributed by atoms with Crippen LogP contribution in [0.2, 0.25) is 5.02 Å². The third-order valence-corrected chi connectivity index (χ3v) is 5.58. The Kier molecular flexibility index (Phi) is 6.42. The van der Waals surface area contributed by atoms with Gasteiger partial charge in [0.2, 0.25) is 0 Å². The molecule has 0 amide bonds. The molecule has 2 heterocycles. The van der Waals surface area contributed by atoms with Crippen LogP contribution in [-0.4, -0.2) is 25.7 Å². The van der Waals surface area contributed by atoms with Crippen LogP contribution in [0, 0.1) is 20.8 Å². The molecule has 0 radical (unpaired) electrons. The molecule has 0 spiro atoms. The van der Waals surface area contributed by atoms with Crippen LogP contribution >= 0.6 is 11.6 Å². The first kappa shape index (κ1) is 22.5. The van der Waals surface area contributed by atoms with Gasteiger partial charge < -0.3 is 9.72 Å². The SMILES string of the molecule is Cc1ccc(Cn2nc(C)c(/C=C/C(=O)OCc3nc4cc(Cl)ccc4c(=O)[nH]3)c2C)cc1. The summed E-state index contributed by atoms with van der Waals surface area (Å²) in [5, 5.41) is 5.49. The summed E-state index contributed by atoms with van der Waals surface area (Å²) in [4.78, 5) is 31.4. The van der Waals surface area contributed by atoms with Gasteiger partial charge in [0.1, 0.15) is 12.4 Å². The predicted molar refractivity (Wildman–Crippen MR) is 128 cm³/mol. The number of esters is 1. The summed E-state index contributed by atoms with van der Waals surface area (Å²) < 4.78 is 7.18. The van der Waals surface area contributed by atoms with Gasteiger partial charge in [-0.1, -0.05) is 41.4 Å². The maximum absolute atomic E-state index is 12.3. The first-order valence-electron chi connectivity index (χ1n) is 10.4. The number of aromatic amines is 1. The lowest BCUT2D eigenvalue weighted by Crippen LogP contribution is -2.13. The number of carbonyl (C=O) groups is 1. The maximum atomic E-state index is 12.3. The van der Waals surface area contributed by atoms with Crippen LogP contribution in [0.25, 0.3) is 17.0 Å². The van der Waals surface area contributed by atoms with Crippen LogP contribution in [0.4, 0.5) is 0 Å². The average Bonchev–Trinajstić information content (AvgIpc) is 3.04. The van der Waals surface area contributed by atoms with Gasteiger partial charge in [-0.3, -0.25) is 9.48 Å². The number of nitrogens with zero attached hydrogens (tertiary/aromatic N) is 3. The zero-order valence-electron chi connectivity index (χ0n) is 18.6. The maximum Gasteiger partial charge on any atom is 0.331 e. The van der Waals surface area contributed by atoms with Crippen molar-refractivity contribution >= 4 is 34.5 Å². The third kappa shape index (κ3) is 5.21. The zero-order chi connectivity index (χ0) is 23.5. The molecule has 4 aromatic rings. The normalized spacial score (nSPS) is 11.4. The standard InChI is InChI=1S/C25H23ClN4O3/c1-15-4-6-18(7-5-15)13-30-17(3)20(16(2)29-30)10-11-24(31)33-14-23-27-22-12-19(26)8-9-21(22)25(32)28-23/h4-12H,13-14H2,1-3H3,(H,27,28,32)/b11-10+. The number of hydrogen-bond donors (Lipinski definition) is 1. The number of halogens is 1. The molecular formula is C25H23ClN4O3.